The van der Waals surface area contributed by atoms with Crippen LogP contribution in [0.2, 0.25) is 0 Å². The van der Waals surface area contributed by atoms with Crippen LogP contribution < -0.4 is 16.0 Å². The Morgan fingerprint density at radius 1 is 1.57 bits per heavy atom. The van der Waals surface area contributed by atoms with E-state index in [4.69, 9.17) is 10.5 Å². The first-order valence-corrected chi connectivity index (χ1v) is 7.36. The predicted octanol–water partition coefficient (Wildman–Crippen LogP) is 0.694. The van der Waals surface area contributed by atoms with Crippen LogP contribution in [0, 0.1) is 6.92 Å². The summed E-state index contributed by atoms with van der Waals surface area (Å²) in [4.78, 5) is 18.1. The fraction of sp³-hybridized carbons (Fsp3) is 0.600. The van der Waals surface area contributed by atoms with Gasteiger partial charge in [-0.05, 0) is 38.4 Å². The molecule has 21 heavy (non-hydrogen) atoms. The molecule has 1 unspecified atom stereocenters. The Bertz CT molecular complexity index is 487. The van der Waals surface area contributed by atoms with E-state index in [-0.39, 0.29) is 0 Å². The summed E-state index contributed by atoms with van der Waals surface area (Å²) in [6.07, 6.45) is 2.37. The molecule has 1 aliphatic heterocycles. The normalized spacial score (nSPS) is 17.9. The van der Waals surface area contributed by atoms with Gasteiger partial charge in [0.1, 0.15) is 5.82 Å². The summed E-state index contributed by atoms with van der Waals surface area (Å²) in [6.45, 7) is 5.16. The number of aryl methyl sites for hydroxylation is 1. The summed E-state index contributed by atoms with van der Waals surface area (Å²) in [5.74, 6) is 0.363. The van der Waals surface area contributed by atoms with E-state index in [0.29, 0.717) is 18.2 Å². The summed E-state index contributed by atoms with van der Waals surface area (Å²) in [6, 6.07) is 3.94. The molecule has 1 aromatic heterocycles. The molecule has 0 radical (unpaired) electrons. The van der Waals surface area contributed by atoms with Gasteiger partial charge in [0, 0.05) is 37.5 Å². The third kappa shape index (κ3) is 4.41. The molecule has 1 atom stereocenters. The Morgan fingerprint density at radius 3 is 3.00 bits per heavy atom. The van der Waals surface area contributed by atoms with E-state index in [9.17, 15) is 4.79 Å². The molecule has 1 fully saturated rings. The van der Waals surface area contributed by atoms with Gasteiger partial charge in [0.2, 0.25) is 5.91 Å². The quantitative estimate of drug-likeness (QED) is 0.773. The van der Waals surface area contributed by atoms with E-state index < -0.39 is 5.91 Å². The molecule has 2 rings (SSSR count). The maximum Gasteiger partial charge on any atom is 0.248 e. The monoisotopic (exact) mass is 292 g/mol. The molecule has 116 valence electrons. The molecule has 0 aromatic carbocycles. The van der Waals surface area contributed by atoms with Crippen molar-refractivity contribution in [3.8, 4) is 0 Å². The number of rotatable bonds is 7. The number of primary amides is 1. The molecule has 1 amide bonds. The zero-order valence-electron chi connectivity index (χ0n) is 12.8. The number of nitrogens with one attached hydrogen (secondary N) is 1. The van der Waals surface area contributed by atoms with Crippen molar-refractivity contribution in [2.45, 2.75) is 25.8 Å². The van der Waals surface area contributed by atoms with Gasteiger partial charge in [0.15, 0.2) is 0 Å². The summed E-state index contributed by atoms with van der Waals surface area (Å²) < 4.78 is 5.18. The van der Waals surface area contributed by atoms with Crippen LogP contribution in [-0.2, 0) is 4.74 Å². The number of carbonyl (C=O) groups is 1. The number of hydrogen-bond donors (Lipinski definition) is 2. The highest BCUT2D eigenvalue weighted by Crippen LogP contribution is 2.17. The molecule has 1 saturated heterocycles. The Hall–Kier alpha value is -1.66. The standard InChI is InChI=1S/C15H24N4O2/c1-11-8-12(15(16)20)9-14(18-11)19(6-7-21-2)10-13-4-3-5-17-13/h8-9,13,17H,3-7,10H2,1-2H3,(H2,16,20). The van der Waals surface area contributed by atoms with Crippen molar-refractivity contribution in [2.75, 3.05) is 38.3 Å². The average Bonchev–Trinajstić information content (AvgIpc) is 2.95. The van der Waals surface area contributed by atoms with Crippen molar-refractivity contribution >= 4 is 11.7 Å². The number of nitrogens with two attached hydrogens (primary N) is 1. The maximum absolute atomic E-state index is 11.4. The van der Waals surface area contributed by atoms with Gasteiger partial charge in [-0.1, -0.05) is 0 Å². The molecule has 6 nitrogen and oxygen atoms in total. The molecule has 6 heteroatoms. The maximum atomic E-state index is 11.4. The number of aromatic nitrogens is 1. The fourth-order valence-corrected chi connectivity index (χ4v) is 2.63. The SMILES string of the molecule is COCCN(CC1CCCN1)c1cc(C(N)=O)cc(C)n1. The smallest absolute Gasteiger partial charge is 0.248 e. The highest BCUT2D eigenvalue weighted by molar-refractivity contribution is 5.93. The van der Waals surface area contributed by atoms with Crippen molar-refractivity contribution in [1.82, 2.24) is 10.3 Å². The number of ether oxygens (including phenoxy) is 1. The number of methoxy groups -OCH3 is 1. The minimum Gasteiger partial charge on any atom is -0.383 e. The van der Waals surface area contributed by atoms with Crippen LogP contribution in [0.15, 0.2) is 12.1 Å². The largest absolute Gasteiger partial charge is 0.383 e. The molecular formula is C15H24N4O2. The summed E-state index contributed by atoms with van der Waals surface area (Å²) in [5, 5.41) is 3.48. The van der Waals surface area contributed by atoms with E-state index >= 15 is 0 Å². The lowest BCUT2D eigenvalue weighted by molar-refractivity contribution is 0.1000. The molecule has 0 bridgehead atoms. The Kier molecular flexibility index (Phi) is 5.52. The van der Waals surface area contributed by atoms with Crippen LogP contribution in [0.25, 0.3) is 0 Å². The van der Waals surface area contributed by atoms with Gasteiger partial charge in [-0.3, -0.25) is 4.79 Å². The zero-order chi connectivity index (χ0) is 15.2. The Balaban J connectivity index is 2.19. The van der Waals surface area contributed by atoms with E-state index in [1.54, 1.807) is 19.2 Å². The second-order valence-electron chi connectivity index (χ2n) is 5.45. The Morgan fingerprint density at radius 2 is 2.38 bits per heavy atom. The topological polar surface area (TPSA) is 80.5 Å². The lowest BCUT2D eigenvalue weighted by Gasteiger charge is -2.27. The summed E-state index contributed by atoms with van der Waals surface area (Å²) in [5.41, 5.74) is 6.69. The van der Waals surface area contributed by atoms with Gasteiger partial charge < -0.3 is 20.7 Å². The highest BCUT2D eigenvalue weighted by atomic mass is 16.5. The average molecular weight is 292 g/mol. The number of amides is 1. The highest BCUT2D eigenvalue weighted by Gasteiger charge is 2.19. The summed E-state index contributed by atoms with van der Waals surface area (Å²) >= 11 is 0. The van der Waals surface area contributed by atoms with Crippen molar-refractivity contribution in [3.63, 3.8) is 0 Å². The predicted molar refractivity (Wildman–Crippen MR) is 82.6 cm³/mol. The van der Waals surface area contributed by atoms with Crippen LogP contribution in [0.5, 0.6) is 0 Å². The summed E-state index contributed by atoms with van der Waals surface area (Å²) in [7, 11) is 1.69. The first-order chi connectivity index (χ1) is 10.1. The van der Waals surface area contributed by atoms with Crippen molar-refractivity contribution in [3.05, 3.63) is 23.4 Å². The van der Waals surface area contributed by atoms with E-state index in [0.717, 1.165) is 37.6 Å². The minimum absolute atomic E-state index is 0.424. The molecule has 0 aliphatic carbocycles. The van der Waals surface area contributed by atoms with Crippen LogP contribution in [0.1, 0.15) is 28.9 Å². The lowest BCUT2D eigenvalue weighted by atomic mass is 10.2. The molecule has 3 N–H and O–H groups in total. The first kappa shape index (κ1) is 15.7. The van der Waals surface area contributed by atoms with Gasteiger partial charge in [0.05, 0.1) is 6.61 Å². The van der Waals surface area contributed by atoms with Crippen LogP contribution >= 0.6 is 0 Å². The third-order valence-electron chi connectivity index (χ3n) is 3.72. The van der Waals surface area contributed by atoms with Crippen LogP contribution in [0.4, 0.5) is 5.82 Å². The number of carbonyl (C=O) groups excluding carboxylic acids is 1. The van der Waals surface area contributed by atoms with E-state index in [1.807, 2.05) is 6.92 Å². The minimum atomic E-state index is -0.424. The number of anilines is 1. The number of nitrogens with zero attached hydrogens (tertiary/aromatic N) is 2. The second kappa shape index (κ2) is 7.38. The molecule has 1 aliphatic rings. The lowest BCUT2D eigenvalue weighted by Crippen LogP contribution is -2.40. The van der Waals surface area contributed by atoms with Crippen molar-refractivity contribution in [1.29, 1.82) is 0 Å². The molecule has 2 heterocycles. The van der Waals surface area contributed by atoms with Crippen molar-refractivity contribution < 1.29 is 9.53 Å². The third-order valence-corrected chi connectivity index (χ3v) is 3.72. The number of hydrogen-bond acceptors (Lipinski definition) is 5. The van der Waals surface area contributed by atoms with Crippen LogP contribution in [0.3, 0.4) is 0 Å². The van der Waals surface area contributed by atoms with Gasteiger partial charge >= 0.3 is 0 Å². The first-order valence-electron chi connectivity index (χ1n) is 7.36. The van der Waals surface area contributed by atoms with E-state index in [1.165, 1.54) is 6.42 Å². The second-order valence-corrected chi connectivity index (χ2v) is 5.45. The molecule has 0 spiro atoms. The van der Waals surface area contributed by atoms with E-state index in [2.05, 4.69) is 15.2 Å². The zero-order valence-corrected chi connectivity index (χ0v) is 12.8. The number of pyridine rings is 1. The molecule has 1 aromatic rings. The molecule has 0 saturated carbocycles. The van der Waals surface area contributed by atoms with Crippen molar-refractivity contribution in [2.24, 2.45) is 5.73 Å². The Labute approximate surface area is 125 Å². The van der Waals surface area contributed by atoms with Gasteiger partial charge in [-0.2, -0.15) is 0 Å². The van der Waals surface area contributed by atoms with Gasteiger partial charge in [-0.15, -0.1) is 0 Å². The van der Waals surface area contributed by atoms with Gasteiger partial charge in [0.25, 0.3) is 0 Å². The fourth-order valence-electron chi connectivity index (χ4n) is 2.63. The van der Waals surface area contributed by atoms with Crippen LogP contribution in [-0.4, -0.2) is 50.3 Å². The van der Waals surface area contributed by atoms with Gasteiger partial charge in [-0.25, -0.2) is 4.98 Å². The molecular weight excluding hydrogens is 268 g/mol.